The molecule has 0 atom stereocenters. The predicted octanol–water partition coefficient (Wildman–Crippen LogP) is 2.91. The zero-order valence-electron chi connectivity index (χ0n) is 16.7. The molecule has 2 saturated heterocycles. The Morgan fingerprint density at radius 2 is 1.83 bits per heavy atom. The fourth-order valence-electron chi connectivity index (χ4n) is 3.95. The smallest absolute Gasteiger partial charge is 0.242 e. The number of amides is 2. The van der Waals surface area contributed by atoms with Crippen molar-refractivity contribution >= 4 is 11.8 Å². The molecule has 0 N–H and O–H groups in total. The summed E-state index contributed by atoms with van der Waals surface area (Å²) in [6.45, 7) is 4.25. The minimum Gasteiger partial charge on any atom is -0.437 e. The van der Waals surface area contributed by atoms with Crippen LogP contribution >= 0.6 is 0 Å². The van der Waals surface area contributed by atoms with E-state index >= 15 is 0 Å². The molecule has 0 saturated carbocycles. The fraction of sp³-hybridized carbons (Fsp3) is 0.455. The first-order chi connectivity index (χ1) is 14.1. The molecule has 4 rings (SSSR count). The lowest BCUT2D eigenvalue weighted by Gasteiger charge is -2.33. The van der Waals surface area contributed by atoms with E-state index in [4.69, 9.17) is 4.74 Å². The molecule has 7 heteroatoms. The van der Waals surface area contributed by atoms with E-state index in [0.717, 1.165) is 30.7 Å². The minimum atomic E-state index is 0.0361. The highest BCUT2D eigenvalue weighted by molar-refractivity contribution is 5.85. The Morgan fingerprint density at radius 3 is 2.52 bits per heavy atom. The third-order valence-corrected chi connectivity index (χ3v) is 5.66. The van der Waals surface area contributed by atoms with Gasteiger partial charge in [0, 0.05) is 44.4 Å². The van der Waals surface area contributed by atoms with Crippen LogP contribution in [0.3, 0.4) is 0 Å². The van der Waals surface area contributed by atoms with Crippen molar-refractivity contribution in [2.45, 2.75) is 38.5 Å². The summed E-state index contributed by atoms with van der Waals surface area (Å²) in [5.41, 5.74) is 2.01. The molecule has 2 fully saturated rings. The lowest BCUT2D eigenvalue weighted by molar-refractivity contribution is -0.139. The molecule has 29 heavy (non-hydrogen) atoms. The Hall–Kier alpha value is -2.96. The van der Waals surface area contributed by atoms with E-state index in [9.17, 15) is 9.59 Å². The van der Waals surface area contributed by atoms with Gasteiger partial charge >= 0.3 is 0 Å². The number of nitrogens with zero attached hydrogens (tertiary/aromatic N) is 4. The van der Waals surface area contributed by atoms with Crippen molar-refractivity contribution in [1.82, 2.24) is 19.8 Å². The van der Waals surface area contributed by atoms with Gasteiger partial charge in [-0.3, -0.25) is 14.6 Å². The Morgan fingerprint density at radius 1 is 1.10 bits per heavy atom. The van der Waals surface area contributed by atoms with Gasteiger partial charge in [-0.2, -0.15) is 0 Å². The molecule has 0 radical (unpaired) electrons. The van der Waals surface area contributed by atoms with E-state index in [1.165, 1.54) is 5.56 Å². The number of aromatic nitrogens is 2. The molecule has 2 aromatic rings. The molecule has 1 aromatic carbocycles. The van der Waals surface area contributed by atoms with Gasteiger partial charge in [-0.1, -0.05) is 17.7 Å². The number of piperidine rings is 1. The van der Waals surface area contributed by atoms with Crippen molar-refractivity contribution in [1.29, 1.82) is 0 Å². The molecule has 2 amide bonds. The van der Waals surface area contributed by atoms with E-state index in [1.807, 2.05) is 36.1 Å². The molecule has 1 aromatic heterocycles. The molecule has 0 unspecified atom stereocenters. The van der Waals surface area contributed by atoms with Gasteiger partial charge in [0.1, 0.15) is 11.4 Å². The Labute approximate surface area is 170 Å². The number of carbonyl (C=O) groups excluding carboxylic acids is 2. The molecule has 0 spiro atoms. The van der Waals surface area contributed by atoms with Gasteiger partial charge in [0.25, 0.3) is 0 Å². The number of hydrogen-bond donors (Lipinski definition) is 0. The van der Waals surface area contributed by atoms with Crippen molar-refractivity contribution in [2.24, 2.45) is 0 Å². The van der Waals surface area contributed by atoms with E-state index < -0.39 is 0 Å². The summed E-state index contributed by atoms with van der Waals surface area (Å²) >= 11 is 0. The van der Waals surface area contributed by atoms with Gasteiger partial charge < -0.3 is 14.5 Å². The summed E-state index contributed by atoms with van der Waals surface area (Å²) in [6, 6.07) is 7.85. The van der Waals surface area contributed by atoms with Crippen LogP contribution in [-0.2, 0) is 9.59 Å². The van der Waals surface area contributed by atoms with Gasteiger partial charge in [0.05, 0.1) is 6.54 Å². The third-order valence-electron chi connectivity index (χ3n) is 5.66. The van der Waals surface area contributed by atoms with Crippen LogP contribution in [0.1, 0.15) is 42.9 Å². The van der Waals surface area contributed by atoms with Crippen LogP contribution in [0.4, 0.5) is 0 Å². The maximum atomic E-state index is 12.6. The molecule has 152 valence electrons. The zero-order chi connectivity index (χ0) is 20.2. The number of likely N-dealkylation sites (tertiary alicyclic amines) is 2. The van der Waals surface area contributed by atoms with Gasteiger partial charge in [-0.25, -0.2) is 4.98 Å². The molecule has 0 bridgehead atoms. The van der Waals surface area contributed by atoms with Gasteiger partial charge in [-0.15, -0.1) is 0 Å². The SMILES string of the molecule is Cc1ccc(Oc2nccnc2C2CCN(C(=O)CN3CCCC3=O)CC2)cc1. The summed E-state index contributed by atoms with van der Waals surface area (Å²) in [7, 11) is 0. The van der Waals surface area contributed by atoms with Crippen LogP contribution in [0.2, 0.25) is 0 Å². The van der Waals surface area contributed by atoms with Crippen LogP contribution in [0, 0.1) is 6.92 Å². The maximum Gasteiger partial charge on any atom is 0.242 e. The van der Waals surface area contributed by atoms with Crippen LogP contribution in [-0.4, -0.2) is 57.8 Å². The molecule has 2 aliphatic heterocycles. The highest BCUT2D eigenvalue weighted by Gasteiger charge is 2.30. The quantitative estimate of drug-likeness (QED) is 0.779. The molecular formula is C22H26N4O3. The van der Waals surface area contributed by atoms with E-state index in [0.29, 0.717) is 31.9 Å². The summed E-state index contributed by atoms with van der Waals surface area (Å²) in [5, 5.41) is 0. The normalized spacial score (nSPS) is 17.6. The monoisotopic (exact) mass is 394 g/mol. The summed E-state index contributed by atoms with van der Waals surface area (Å²) < 4.78 is 5.99. The second-order valence-electron chi connectivity index (χ2n) is 7.74. The van der Waals surface area contributed by atoms with Crippen LogP contribution in [0.25, 0.3) is 0 Å². The van der Waals surface area contributed by atoms with Gasteiger partial charge in [0.15, 0.2) is 0 Å². The van der Waals surface area contributed by atoms with Crippen molar-refractivity contribution in [2.75, 3.05) is 26.2 Å². The van der Waals surface area contributed by atoms with Gasteiger partial charge in [0.2, 0.25) is 17.7 Å². The number of carbonyl (C=O) groups is 2. The summed E-state index contributed by atoms with van der Waals surface area (Å²) in [5.74, 6) is 1.59. The molecule has 3 heterocycles. The standard InChI is InChI=1S/C22H26N4O3/c1-16-4-6-18(7-5-16)29-22-21(23-10-11-24-22)17-8-13-25(14-9-17)20(28)15-26-12-2-3-19(26)27/h4-7,10-11,17H,2-3,8-9,12-15H2,1H3. The van der Waals surface area contributed by atoms with Crippen molar-refractivity contribution in [3.63, 3.8) is 0 Å². The number of aryl methyl sites for hydroxylation is 1. The van der Waals surface area contributed by atoms with Gasteiger partial charge in [-0.05, 0) is 38.3 Å². The predicted molar refractivity (Wildman–Crippen MR) is 108 cm³/mol. The second kappa shape index (κ2) is 8.59. The number of hydrogen-bond acceptors (Lipinski definition) is 5. The van der Waals surface area contributed by atoms with Crippen molar-refractivity contribution < 1.29 is 14.3 Å². The molecular weight excluding hydrogens is 368 g/mol. The number of rotatable bonds is 5. The average molecular weight is 394 g/mol. The van der Waals surface area contributed by atoms with Crippen molar-refractivity contribution in [3.05, 3.63) is 47.9 Å². The summed E-state index contributed by atoms with van der Waals surface area (Å²) in [6.07, 6.45) is 6.36. The Kier molecular flexibility index (Phi) is 5.74. The molecule has 7 nitrogen and oxygen atoms in total. The maximum absolute atomic E-state index is 12.6. The topological polar surface area (TPSA) is 75.6 Å². The first kappa shape index (κ1) is 19.4. The van der Waals surface area contributed by atoms with E-state index in [1.54, 1.807) is 17.3 Å². The first-order valence-corrected chi connectivity index (χ1v) is 10.2. The fourth-order valence-corrected chi connectivity index (χ4v) is 3.95. The number of benzene rings is 1. The average Bonchev–Trinajstić information content (AvgIpc) is 3.15. The zero-order valence-corrected chi connectivity index (χ0v) is 16.7. The van der Waals surface area contributed by atoms with Crippen LogP contribution in [0.15, 0.2) is 36.7 Å². The molecule has 2 aliphatic rings. The lowest BCUT2D eigenvalue weighted by Crippen LogP contribution is -2.44. The first-order valence-electron chi connectivity index (χ1n) is 10.2. The van der Waals surface area contributed by atoms with E-state index in [-0.39, 0.29) is 24.3 Å². The highest BCUT2D eigenvalue weighted by Crippen LogP contribution is 2.33. The largest absolute Gasteiger partial charge is 0.437 e. The number of ether oxygens (including phenoxy) is 1. The second-order valence-corrected chi connectivity index (χ2v) is 7.74. The molecule has 0 aliphatic carbocycles. The van der Waals surface area contributed by atoms with Crippen molar-refractivity contribution in [3.8, 4) is 11.6 Å². The van der Waals surface area contributed by atoms with Crippen LogP contribution < -0.4 is 4.74 Å². The third kappa shape index (κ3) is 4.55. The minimum absolute atomic E-state index is 0.0361. The highest BCUT2D eigenvalue weighted by atomic mass is 16.5. The summed E-state index contributed by atoms with van der Waals surface area (Å²) in [4.78, 5) is 36.8. The Bertz CT molecular complexity index is 876. The van der Waals surface area contributed by atoms with Crippen LogP contribution in [0.5, 0.6) is 11.6 Å². The van der Waals surface area contributed by atoms with E-state index in [2.05, 4.69) is 9.97 Å². The lowest BCUT2D eigenvalue weighted by atomic mass is 9.93. The Balaban J connectivity index is 1.38.